The van der Waals surface area contributed by atoms with Crippen molar-refractivity contribution in [3.8, 4) is 0 Å². The van der Waals surface area contributed by atoms with Crippen molar-refractivity contribution >= 4 is 0 Å². The van der Waals surface area contributed by atoms with Gasteiger partial charge in [-0.05, 0) is 13.0 Å². The van der Waals surface area contributed by atoms with Crippen molar-refractivity contribution in [3.05, 3.63) is 11.8 Å². The average molecular weight is 206 g/mol. The summed E-state index contributed by atoms with van der Waals surface area (Å²) in [5.74, 6) is -0.303. The molecule has 1 aliphatic heterocycles. The smallest absolute Gasteiger partial charge is 0.184 e. The highest BCUT2D eigenvalue weighted by molar-refractivity contribution is 5.05. The fourth-order valence-electron chi connectivity index (χ4n) is 1.27. The van der Waals surface area contributed by atoms with Gasteiger partial charge >= 0.3 is 0 Å². The fraction of sp³-hybridized carbons (Fsp3) is 0.750. The van der Waals surface area contributed by atoms with Crippen LogP contribution in [0, 0.1) is 0 Å². The molecule has 82 valence electrons. The molecule has 0 aromatic carbocycles. The van der Waals surface area contributed by atoms with Crippen molar-refractivity contribution in [3.63, 3.8) is 0 Å². The van der Waals surface area contributed by atoms with Crippen molar-refractivity contribution in [2.45, 2.75) is 37.6 Å². The van der Waals surface area contributed by atoms with Gasteiger partial charge in [-0.25, -0.2) is 0 Å². The van der Waals surface area contributed by atoms with Gasteiger partial charge in [0.05, 0.1) is 0 Å². The van der Waals surface area contributed by atoms with Gasteiger partial charge in [0.2, 0.25) is 0 Å². The Morgan fingerprint density at radius 1 is 1.07 bits per heavy atom. The van der Waals surface area contributed by atoms with Gasteiger partial charge in [0.25, 0.3) is 0 Å². The minimum atomic E-state index is -1.62. The molecule has 0 aromatic heterocycles. The number of allylic oxidation sites excluding steroid dienone is 1. The van der Waals surface area contributed by atoms with Crippen molar-refractivity contribution in [2.75, 3.05) is 0 Å². The summed E-state index contributed by atoms with van der Waals surface area (Å²) in [5, 5.41) is 46.1. The first-order chi connectivity index (χ1) is 6.49. The Morgan fingerprint density at radius 2 is 1.64 bits per heavy atom. The van der Waals surface area contributed by atoms with Crippen molar-refractivity contribution in [1.82, 2.24) is 0 Å². The van der Waals surface area contributed by atoms with Gasteiger partial charge in [-0.3, -0.25) is 0 Å². The van der Waals surface area contributed by atoms with Crippen LogP contribution in [0.5, 0.6) is 0 Å². The Bertz CT molecular complexity index is 228. The second-order valence-electron chi connectivity index (χ2n) is 3.13. The molecule has 1 fully saturated rings. The van der Waals surface area contributed by atoms with Gasteiger partial charge in [0.1, 0.15) is 30.2 Å². The molecule has 14 heavy (non-hydrogen) atoms. The molecule has 0 bridgehead atoms. The second-order valence-corrected chi connectivity index (χ2v) is 3.13. The molecule has 5 N–H and O–H groups in total. The minimum Gasteiger partial charge on any atom is -0.510 e. The molecule has 5 atom stereocenters. The maximum Gasteiger partial charge on any atom is 0.184 e. The van der Waals surface area contributed by atoms with Gasteiger partial charge < -0.3 is 30.3 Å². The predicted molar refractivity (Wildman–Crippen MR) is 45.3 cm³/mol. The van der Waals surface area contributed by atoms with Crippen LogP contribution in [0.2, 0.25) is 0 Å². The molecule has 1 rings (SSSR count). The van der Waals surface area contributed by atoms with E-state index in [1.807, 2.05) is 0 Å². The van der Waals surface area contributed by atoms with E-state index in [1.54, 1.807) is 0 Å². The molecule has 0 radical (unpaired) electrons. The van der Waals surface area contributed by atoms with Gasteiger partial charge in [0.15, 0.2) is 6.29 Å². The third-order valence-electron chi connectivity index (χ3n) is 2.18. The van der Waals surface area contributed by atoms with E-state index in [-0.39, 0.29) is 5.76 Å². The largest absolute Gasteiger partial charge is 0.510 e. The summed E-state index contributed by atoms with van der Waals surface area (Å²) < 4.78 is 4.71. The first-order valence-electron chi connectivity index (χ1n) is 4.22. The van der Waals surface area contributed by atoms with Crippen LogP contribution >= 0.6 is 0 Å². The second kappa shape index (κ2) is 4.24. The standard InChI is InChI=1S/C8H14O6/c1-2-3(9)7-5(11)4(10)6(12)8(13)14-7/h2,4-13H,1H3/t4-,5-,6+,7+,8?/m0/s1. The zero-order chi connectivity index (χ0) is 10.9. The van der Waals surface area contributed by atoms with Crippen LogP contribution in [0.3, 0.4) is 0 Å². The third-order valence-corrected chi connectivity index (χ3v) is 2.18. The molecule has 6 nitrogen and oxygen atoms in total. The van der Waals surface area contributed by atoms with Crippen LogP contribution in [0.15, 0.2) is 11.8 Å². The van der Waals surface area contributed by atoms with Gasteiger partial charge in [-0.15, -0.1) is 0 Å². The summed E-state index contributed by atoms with van der Waals surface area (Å²) in [7, 11) is 0. The molecule has 0 spiro atoms. The summed E-state index contributed by atoms with van der Waals surface area (Å²) >= 11 is 0. The molecule has 1 unspecified atom stereocenters. The zero-order valence-electron chi connectivity index (χ0n) is 7.61. The Balaban J connectivity index is 2.80. The number of hydrogen-bond donors (Lipinski definition) is 5. The molecule has 1 heterocycles. The average Bonchev–Trinajstić information content (AvgIpc) is 2.19. The molecule has 0 saturated carbocycles. The fourth-order valence-corrected chi connectivity index (χ4v) is 1.27. The van der Waals surface area contributed by atoms with Crippen LogP contribution < -0.4 is 0 Å². The van der Waals surface area contributed by atoms with Gasteiger partial charge in [0, 0.05) is 0 Å². The maximum atomic E-state index is 9.38. The first-order valence-corrected chi connectivity index (χ1v) is 4.22. The maximum absolute atomic E-state index is 9.38. The van der Waals surface area contributed by atoms with Crippen molar-refractivity contribution in [2.24, 2.45) is 0 Å². The van der Waals surface area contributed by atoms with E-state index in [2.05, 4.69) is 0 Å². The monoisotopic (exact) mass is 206 g/mol. The molecule has 0 aliphatic carbocycles. The summed E-state index contributed by atoms with van der Waals surface area (Å²) in [6.07, 6.45) is -6.17. The van der Waals surface area contributed by atoms with Crippen LogP contribution in [-0.2, 0) is 4.74 Å². The molecular formula is C8H14O6. The lowest BCUT2D eigenvalue weighted by Crippen LogP contribution is -2.57. The van der Waals surface area contributed by atoms with Crippen LogP contribution in [-0.4, -0.2) is 56.2 Å². The van der Waals surface area contributed by atoms with Crippen molar-refractivity contribution in [1.29, 1.82) is 0 Å². The predicted octanol–water partition coefficient (Wildman–Crippen LogP) is -1.75. The van der Waals surface area contributed by atoms with E-state index in [0.29, 0.717) is 0 Å². The normalized spacial score (nSPS) is 45.2. The summed E-state index contributed by atoms with van der Waals surface area (Å²) in [4.78, 5) is 0. The number of ether oxygens (including phenoxy) is 1. The highest BCUT2D eigenvalue weighted by Crippen LogP contribution is 2.23. The quantitative estimate of drug-likeness (QED) is 0.325. The lowest BCUT2D eigenvalue weighted by Gasteiger charge is -2.37. The lowest BCUT2D eigenvalue weighted by molar-refractivity contribution is -0.278. The van der Waals surface area contributed by atoms with E-state index < -0.39 is 30.7 Å². The SMILES string of the molecule is CC=C(O)[C@H]1OC(O)[C@H](O)[C@@H](O)[C@@H]1O. The van der Waals surface area contributed by atoms with E-state index in [1.165, 1.54) is 13.0 Å². The van der Waals surface area contributed by atoms with E-state index in [9.17, 15) is 15.3 Å². The summed E-state index contributed by atoms with van der Waals surface area (Å²) in [5.41, 5.74) is 0. The third kappa shape index (κ3) is 1.89. The highest BCUT2D eigenvalue weighted by Gasteiger charge is 2.44. The van der Waals surface area contributed by atoms with E-state index in [4.69, 9.17) is 14.9 Å². The lowest BCUT2D eigenvalue weighted by atomic mass is 9.98. The Morgan fingerprint density at radius 3 is 2.14 bits per heavy atom. The van der Waals surface area contributed by atoms with Crippen LogP contribution in [0.1, 0.15) is 6.92 Å². The molecule has 6 heteroatoms. The van der Waals surface area contributed by atoms with Crippen LogP contribution in [0.4, 0.5) is 0 Å². The molecule has 0 aromatic rings. The summed E-state index contributed by atoms with van der Waals surface area (Å²) in [6.45, 7) is 1.51. The Hall–Kier alpha value is -0.660. The molecule has 1 saturated heterocycles. The summed E-state index contributed by atoms with van der Waals surface area (Å²) in [6, 6.07) is 0. The number of rotatable bonds is 1. The van der Waals surface area contributed by atoms with E-state index >= 15 is 0 Å². The van der Waals surface area contributed by atoms with Gasteiger partial charge in [-0.2, -0.15) is 0 Å². The molecule has 0 amide bonds. The first kappa shape index (κ1) is 11.4. The molecule has 1 aliphatic rings. The topological polar surface area (TPSA) is 110 Å². The molecular weight excluding hydrogens is 192 g/mol. The Labute approximate surface area is 80.7 Å². The Kier molecular flexibility index (Phi) is 3.46. The van der Waals surface area contributed by atoms with E-state index in [0.717, 1.165) is 0 Å². The van der Waals surface area contributed by atoms with Crippen molar-refractivity contribution < 1.29 is 30.3 Å². The minimum absolute atomic E-state index is 0.303. The van der Waals surface area contributed by atoms with Crippen LogP contribution in [0.25, 0.3) is 0 Å². The number of hydrogen-bond acceptors (Lipinski definition) is 6. The zero-order valence-corrected chi connectivity index (χ0v) is 7.61. The number of aliphatic hydroxyl groups excluding tert-OH is 5. The number of aliphatic hydroxyl groups is 5. The van der Waals surface area contributed by atoms with Gasteiger partial charge in [-0.1, -0.05) is 0 Å². The highest BCUT2D eigenvalue weighted by atomic mass is 16.6.